The fraction of sp³-hybridized carbons (Fsp3) is 0.760. The molecule has 3 heterocycles. The van der Waals surface area contributed by atoms with Crippen molar-refractivity contribution in [2.24, 2.45) is 0 Å². The van der Waals surface area contributed by atoms with Crippen molar-refractivity contribution in [1.29, 1.82) is 0 Å². The Bertz CT molecular complexity index is 793. The molecule has 8 heteroatoms. The largest absolute Gasteiger partial charge is 0.592 e. The molecular weight excluding hydrogens is 438 g/mol. The van der Waals surface area contributed by atoms with Gasteiger partial charge in [-0.2, -0.15) is 4.31 Å². The fourth-order valence-electron chi connectivity index (χ4n) is 4.30. The van der Waals surface area contributed by atoms with Gasteiger partial charge >= 0.3 is 6.09 Å². The molecular formula is C25H41N3O4S. The normalized spacial score (nSPS) is 22.3. The molecule has 3 unspecified atom stereocenters. The minimum atomic E-state index is -1.15. The van der Waals surface area contributed by atoms with Crippen molar-refractivity contribution in [3.05, 3.63) is 23.9 Å². The van der Waals surface area contributed by atoms with Crippen LogP contribution in [-0.4, -0.2) is 62.7 Å². The summed E-state index contributed by atoms with van der Waals surface area (Å²) in [6.07, 6.45) is 7.36. The number of hydrogen-bond donors (Lipinski definition) is 0. The predicted octanol–water partition coefficient (Wildman–Crippen LogP) is 4.86. The van der Waals surface area contributed by atoms with E-state index in [-0.39, 0.29) is 23.0 Å². The Balaban J connectivity index is 1.45. The average molecular weight is 480 g/mol. The molecule has 0 N–H and O–H groups in total. The lowest BCUT2D eigenvalue weighted by Crippen LogP contribution is -2.51. The Morgan fingerprint density at radius 3 is 2.67 bits per heavy atom. The number of hydrogen-bond acceptors (Lipinski definition) is 6. The lowest BCUT2D eigenvalue weighted by atomic mass is 9.97. The van der Waals surface area contributed by atoms with Crippen LogP contribution in [-0.2, 0) is 27.3 Å². The van der Waals surface area contributed by atoms with Crippen molar-refractivity contribution >= 4 is 23.3 Å². The van der Waals surface area contributed by atoms with E-state index in [0.717, 1.165) is 44.3 Å². The highest BCUT2D eigenvalue weighted by molar-refractivity contribution is 7.94. The molecule has 186 valence electrons. The maximum absolute atomic E-state index is 13.4. The second-order valence-electron chi connectivity index (χ2n) is 11.1. The first kappa shape index (κ1) is 26.1. The Morgan fingerprint density at radius 1 is 1.21 bits per heavy atom. The van der Waals surface area contributed by atoms with Gasteiger partial charge in [-0.15, -0.1) is 0 Å². The number of aryl methyl sites for hydroxylation is 1. The summed E-state index contributed by atoms with van der Waals surface area (Å²) in [6.45, 7) is 13.7. The number of fused-ring (bicyclic) bond motifs is 1. The van der Waals surface area contributed by atoms with Crippen LogP contribution in [0.5, 0.6) is 0 Å². The molecule has 2 aliphatic rings. The number of pyridine rings is 1. The van der Waals surface area contributed by atoms with E-state index < -0.39 is 17.0 Å². The van der Waals surface area contributed by atoms with Gasteiger partial charge in [0.2, 0.25) is 0 Å². The Morgan fingerprint density at radius 2 is 1.97 bits per heavy atom. The van der Waals surface area contributed by atoms with Crippen LogP contribution in [0, 0.1) is 0 Å². The standard InChI is InChI=1S/C25H41N3O4S/c1-24(2,3)32-23(29)27-16-14-21(18-27)31-17-8-7-11-20-13-12-19-10-9-15-26-22(19)28(20)33(30)25(4,5)6/h9-10,15,20-21H,7-8,11-14,16-18H2,1-6H3. The number of anilines is 1. The number of carbonyl (C=O) groups excluding carboxylic acids is 1. The first-order chi connectivity index (χ1) is 15.5. The first-order valence-electron chi connectivity index (χ1n) is 12.2. The molecule has 0 bridgehead atoms. The molecule has 0 aromatic carbocycles. The summed E-state index contributed by atoms with van der Waals surface area (Å²) in [4.78, 5) is 18.5. The smallest absolute Gasteiger partial charge is 0.410 e. The number of aromatic nitrogens is 1. The minimum Gasteiger partial charge on any atom is -0.592 e. The lowest BCUT2D eigenvalue weighted by Gasteiger charge is -2.41. The summed E-state index contributed by atoms with van der Waals surface area (Å²) in [5, 5.41) is 0. The van der Waals surface area contributed by atoms with Crippen molar-refractivity contribution in [2.75, 3.05) is 24.0 Å². The quantitative estimate of drug-likeness (QED) is 0.410. The molecule has 1 saturated heterocycles. The Labute approximate surface area is 202 Å². The minimum absolute atomic E-state index is 0.0770. The zero-order valence-electron chi connectivity index (χ0n) is 21.1. The van der Waals surface area contributed by atoms with Gasteiger partial charge < -0.3 is 18.9 Å². The molecule has 1 aromatic rings. The molecule has 1 amide bonds. The van der Waals surface area contributed by atoms with Crippen LogP contribution in [0.15, 0.2) is 18.3 Å². The molecule has 0 saturated carbocycles. The lowest BCUT2D eigenvalue weighted by molar-refractivity contribution is 0.0206. The number of nitrogens with zero attached hydrogens (tertiary/aromatic N) is 3. The third kappa shape index (κ3) is 7.23. The third-order valence-corrected chi connectivity index (χ3v) is 7.82. The molecule has 1 aromatic heterocycles. The second-order valence-corrected chi connectivity index (χ2v) is 13.2. The number of unbranched alkanes of at least 4 members (excludes halogenated alkanes) is 1. The molecule has 33 heavy (non-hydrogen) atoms. The van der Waals surface area contributed by atoms with E-state index in [1.54, 1.807) is 11.1 Å². The van der Waals surface area contributed by atoms with Crippen LogP contribution in [0.4, 0.5) is 10.6 Å². The molecule has 3 rings (SSSR count). The van der Waals surface area contributed by atoms with Gasteiger partial charge in [0.05, 0.1) is 30.1 Å². The molecule has 0 radical (unpaired) electrons. The summed E-state index contributed by atoms with van der Waals surface area (Å²) < 4.78 is 26.6. The maximum atomic E-state index is 13.4. The number of amides is 1. The van der Waals surface area contributed by atoms with Gasteiger partial charge in [0.15, 0.2) is 5.82 Å². The molecule has 0 spiro atoms. The van der Waals surface area contributed by atoms with Crippen molar-refractivity contribution in [2.45, 2.75) is 103 Å². The number of likely N-dealkylation sites (tertiary alicyclic amines) is 1. The van der Waals surface area contributed by atoms with Crippen molar-refractivity contribution < 1.29 is 18.8 Å². The summed E-state index contributed by atoms with van der Waals surface area (Å²) in [5.41, 5.74) is 0.709. The number of rotatable bonds is 7. The van der Waals surface area contributed by atoms with Crippen LogP contribution >= 0.6 is 0 Å². The number of carbonyl (C=O) groups is 1. The summed E-state index contributed by atoms with van der Waals surface area (Å²) in [7, 11) is 0. The van der Waals surface area contributed by atoms with Crippen LogP contribution in [0.25, 0.3) is 0 Å². The predicted molar refractivity (Wildman–Crippen MR) is 133 cm³/mol. The van der Waals surface area contributed by atoms with Gasteiger partial charge in [-0.25, -0.2) is 9.78 Å². The fourth-order valence-corrected chi connectivity index (χ4v) is 5.69. The molecule has 3 atom stereocenters. The summed E-state index contributed by atoms with van der Waals surface area (Å²) in [6, 6.07) is 4.28. The van der Waals surface area contributed by atoms with Crippen LogP contribution in [0.2, 0.25) is 0 Å². The van der Waals surface area contributed by atoms with E-state index in [1.165, 1.54) is 5.56 Å². The van der Waals surface area contributed by atoms with Crippen LogP contribution in [0.3, 0.4) is 0 Å². The van der Waals surface area contributed by atoms with Crippen molar-refractivity contribution in [3.8, 4) is 0 Å². The molecule has 0 aliphatic carbocycles. The highest BCUT2D eigenvalue weighted by Crippen LogP contribution is 2.36. The van der Waals surface area contributed by atoms with Crippen molar-refractivity contribution in [1.82, 2.24) is 9.88 Å². The van der Waals surface area contributed by atoms with E-state index in [9.17, 15) is 9.35 Å². The first-order valence-corrected chi connectivity index (χ1v) is 13.3. The Kier molecular flexibility index (Phi) is 8.56. The average Bonchev–Trinajstić information content (AvgIpc) is 3.20. The summed E-state index contributed by atoms with van der Waals surface area (Å²) in [5.74, 6) is 0.881. The van der Waals surface area contributed by atoms with Gasteiger partial charge in [0.25, 0.3) is 0 Å². The zero-order chi connectivity index (χ0) is 24.2. The zero-order valence-corrected chi connectivity index (χ0v) is 22.0. The molecule has 1 fully saturated rings. The molecule has 7 nitrogen and oxygen atoms in total. The molecule has 2 aliphatic heterocycles. The van der Waals surface area contributed by atoms with Crippen molar-refractivity contribution in [3.63, 3.8) is 0 Å². The monoisotopic (exact) mass is 479 g/mol. The van der Waals surface area contributed by atoms with Crippen LogP contribution in [0.1, 0.15) is 79.2 Å². The summed E-state index contributed by atoms with van der Waals surface area (Å²) >= 11 is -1.15. The van der Waals surface area contributed by atoms with Gasteiger partial charge in [0.1, 0.15) is 10.3 Å². The van der Waals surface area contributed by atoms with E-state index in [1.807, 2.05) is 47.6 Å². The van der Waals surface area contributed by atoms with Gasteiger partial charge in [0, 0.05) is 19.3 Å². The SMILES string of the molecule is CC(C)(C)OC(=O)N1CCC(OCCCCC2CCc3cccnc3N2[S+]([O-])C(C)(C)C)C1. The maximum Gasteiger partial charge on any atom is 0.410 e. The number of ether oxygens (including phenoxy) is 2. The van der Waals surface area contributed by atoms with E-state index in [0.29, 0.717) is 19.7 Å². The Hall–Kier alpha value is -1.51. The second kappa shape index (κ2) is 10.8. The van der Waals surface area contributed by atoms with Gasteiger partial charge in [-0.05, 0) is 91.7 Å². The van der Waals surface area contributed by atoms with E-state index in [4.69, 9.17) is 9.47 Å². The van der Waals surface area contributed by atoms with E-state index in [2.05, 4.69) is 15.4 Å². The van der Waals surface area contributed by atoms with E-state index >= 15 is 0 Å². The highest BCUT2D eigenvalue weighted by atomic mass is 32.2. The van der Waals surface area contributed by atoms with Crippen LogP contribution < -0.4 is 4.31 Å². The third-order valence-electron chi connectivity index (χ3n) is 5.94. The highest BCUT2D eigenvalue weighted by Gasteiger charge is 2.41. The van der Waals surface area contributed by atoms with Gasteiger partial charge in [-0.3, -0.25) is 0 Å². The topological polar surface area (TPSA) is 78.0 Å². The van der Waals surface area contributed by atoms with Gasteiger partial charge in [-0.1, -0.05) is 6.07 Å².